The van der Waals surface area contributed by atoms with Crippen LogP contribution in [0.25, 0.3) is 0 Å². The number of benzene rings is 1. The molecule has 0 amide bonds. The Balaban J connectivity index is 2.68. The molecule has 1 aromatic heterocycles. The summed E-state index contributed by atoms with van der Waals surface area (Å²) in [6, 6.07) is 6.72. The van der Waals surface area contributed by atoms with Gasteiger partial charge in [-0.3, -0.25) is 14.6 Å². The van der Waals surface area contributed by atoms with Gasteiger partial charge in [-0.05, 0) is 23.8 Å². The number of nitrogens with two attached hydrogens (primary N) is 1. The Kier molecular flexibility index (Phi) is 4.44. The summed E-state index contributed by atoms with van der Waals surface area (Å²) in [5.74, 6) is -1.80. The minimum atomic E-state index is -1.07. The van der Waals surface area contributed by atoms with Crippen LogP contribution in [0.2, 0.25) is 5.02 Å². The van der Waals surface area contributed by atoms with E-state index in [1.807, 2.05) is 0 Å². The van der Waals surface area contributed by atoms with E-state index in [0.717, 1.165) is 0 Å². The number of anilines is 1. The maximum Gasteiger partial charge on any atom is 0.304 e. The van der Waals surface area contributed by atoms with Gasteiger partial charge in [-0.2, -0.15) is 0 Å². The van der Waals surface area contributed by atoms with E-state index >= 15 is 0 Å². The molecule has 1 atom stereocenters. The number of nitrogen functional groups attached to an aromatic ring is 1. The number of rotatable bonds is 4. The maximum atomic E-state index is 12.1. The van der Waals surface area contributed by atoms with Gasteiger partial charge < -0.3 is 15.8 Å². The highest BCUT2D eigenvalue weighted by atomic mass is 35.5. The number of aromatic amines is 2. The SMILES string of the molecule is Nc1[nH]c(=S)[nH]c(=O)c1C(CC(=O)O)c1ccccc1Cl. The first-order valence-corrected chi connectivity index (χ1v) is 6.77. The summed E-state index contributed by atoms with van der Waals surface area (Å²) in [6.45, 7) is 0. The normalized spacial score (nSPS) is 12.0. The molecule has 0 aliphatic heterocycles. The molecule has 5 N–H and O–H groups in total. The minimum Gasteiger partial charge on any atom is -0.481 e. The van der Waals surface area contributed by atoms with Crippen LogP contribution in [0.15, 0.2) is 29.1 Å². The molecule has 6 nitrogen and oxygen atoms in total. The van der Waals surface area contributed by atoms with Gasteiger partial charge >= 0.3 is 5.97 Å². The summed E-state index contributed by atoms with van der Waals surface area (Å²) < 4.78 is 0.0782. The van der Waals surface area contributed by atoms with Gasteiger partial charge in [0.05, 0.1) is 12.0 Å². The van der Waals surface area contributed by atoms with Crippen molar-refractivity contribution in [3.8, 4) is 0 Å². The summed E-state index contributed by atoms with van der Waals surface area (Å²) in [5.41, 5.74) is 5.91. The molecule has 2 rings (SSSR count). The molecule has 0 radical (unpaired) electrons. The number of hydrogen-bond acceptors (Lipinski definition) is 4. The van der Waals surface area contributed by atoms with Crippen molar-refractivity contribution in [1.29, 1.82) is 0 Å². The van der Waals surface area contributed by atoms with Crippen molar-refractivity contribution in [2.75, 3.05) is 5.73 Å². The van der Waals surface area contributed by atoms with E-state index < -0.39 is 17.4 Å². The molecule has 0 aliphatic rings. The Morgan fingerprint density at radius 1 is 1.38 bits per heavy atom. The van der Waals surface area contributed by atoms with E-state index in [0.29, 0.717) is 10.6 Å². The lowest BCUT2D eigenvalue weighted by atomic mass is 9.89. The quantitative estimate of drug-likeness (QED) is 0.644. The molecule has 0 saturated heterocycles. The number of halogens is 1. The summed E-state index contributed by atoms with van der Waals surface area (Å²) in [5, 5.41) is 9.47. The summed E-state index contributed by atoms with van der Waals surface area (Å²) >= 11 is 10.9. The highest BCUT2D eigenvalue weighted by Gasteiger charge is 2.25. The van der Waals surface area contributed by atoms with E-state index in [2.05, 4.69) is 9.97 Å². The number of aromatic nitrogens is 2. The molecule has 0 aliphatic carbocycles. The lowest BCUT2D eigenvalue weighted by Crippen LogP contribution is -2.23. The fourth-order valence-electron chi connectivity index (χ4n) is 2.16. The number of carboxylic acid groups (broad SMARTS) is 1. The third-order valence-corrected chi connectivity index (χ3v) is 3.57. The van der Waals surface area contributed by atoms with E-state index in [9.17, 15) is 9.59 Å². The zero-order valence-electron chi connectivity index (χ0n) is 10.7. The average molecular weight is 326 g/mol. The Hall–Kier alpha value is -2.12. The predicted octanol–water partition coefficient (Wildman–Crippen LogP) is 2.27. The summed E-state index contributed by atoms with van der Waals surface area (Å²) in [4.78, 5) is 28.3. The molecule has 1 aromatic carbocycles. The first-order valence-electron chi connectivity index (χ1n) is 5.98. The molecule has 21 heavy (non-hydrogen) atoms. The van der Waals surface area contributed by atoms with Gasteiger partial charge in [0.15, 0.2) is 4.77 Å². The highest BCUT2D eigenvalue weighted by molar-refractivity contribution is 7.71. The molecule has 1 unspecified atom stereocenters. The zero-order valence-corrected chi connectivity index (χ0v) is 12.3. The van der Waals surface area contributed by atoms with E-state index in [1.165, 1.54) is 0 Å². The fraction of sp³-hybridized carbons (Fsp3) is 0.154. The molecule has 2 aromatic rings. The van der Waals surface area contributed by atoms with Crippen LogP contribution >= 0.6 is 23.8 Å². The van der Waals surface area contributed by atoms with Gasteiger partial charge in [0.2, 0.25) is 0 Å². The van der Waals surface area contributed by atoms with Gasteiger partial charge in [0.25, 0.3) is 5.56 Å². The molecular weight excluding hydrogens is 314 g/mol. The lowest BCUT2D eigenvalue weighted by Gasteiger charge is -2.17. The number of nitrogens with one attached hydrogen (secondary N) is 2. The molecule has 8 heteroatoms. The molecule has 0 fully saturated rings. The number of hydrogen-bond donors (Lipinski definition) is 4. The topological polar surface area (TPSA) is 112 Å². The molecular formula is C13H12ClN3O3S. The maximum absolute atomic E-state index is 12.1. The lowest BCUT2D eigenvalue weighted by molar-refractivity contribution is -0.137. The van der Waals surface area contributed by atoms with Crippen molar-refractivity contribution < 1.29 is 9.90 Å². The van der Waals surface area contributed by atoms with Gasteiger partial charge in [0.1, 0.15) is 5.82 Å². The van der Waals surface area contributed by atoms with E-state index in [4.69, 9.17) is 34.7 Å². The average Bonchev–Trinajstić information content (AvgIpc) is 2.36. The van der Waals surface area contributed by atoms with Gasteiger partial charge in [-0.1, -0.05) is 29.8 Å². The molecule has 0 spiro atoms. The van der Waals surface area contributed by atoms with Crippen LogP contribution in [-0.4, -0.2) is 21.0 Å². The fourth-order valence-corrected chi connectivity index (χ4v) is 2.63. The third kappa shape index (κ3) is 3.32. The van der Waals surface area contributed by atoms with Crippen LogP contribution in [0.5, 0.6) is 0 Å². The Morgan fingerprint density at radius 3 is 2.62 bits per heavy atom. The Bertz CT molecular complexity index is 800. The largest absolute Gasteiger partial charge is 0.481 e. The van der Waals surface area contributed by atoms with Crippen LogP contribution in [0.3, 0.4) is 0 Å². The number of carboxylic acids is 1. The Labute approximate surface area is 129 Å². The standard InChI is InChI=1S/C13H12ClN3O3S/c14-8-4-2-1-3-6(8)7(5-9(18)19)10-11(15)16-13(21)17-12(10)20/h1-4,7H,5H2,(H,18,19)(H4,15,16,17,20,21). The van der Waals surface area contributed by atoms with Crippen molar-refractivity contribution in [1.82, 2.24) is 9.97 Å². The van der Waals surface area contributed by atoms with Crippen LogP contribution < -0.4 is 11.3 Å². The van der Waals surface area contributed by atoms with Crippen molar-refractivity contribution in [2.45, 2.75) is 12.3 Å². The number of aliphatic carboxylic acids is 1. The van der Waals surface area contributed by atoms with Crippen molar-refractivity contribution in [3.63, 3.8) is 0 Å². The second-order valence-corrected chi connectivity index (χ2v) is 5.22. The summed E-state index contributed by atoms with van der Waals surface area (Å²) in [7, 11) is 0. The highest BCUT2D eigenvalue weighted by Crippen LogP contribution is 2.33. The van der Waals surface area contributed by atoms with Gasteiger partial charge in [-0.25, -0.2) is 0 Å². The molecule has 110 valence electrons. The van der Waals surface area contributed by atoms with Gasteiger partial charge in [-0.15, -0.1) is 0 Å². The first kappa shape index (κ1) is 15.3. The molecule has 0 saturated carbocycles. The van der Waals surface area contributed by atoms with Crippen LogP contribution in [0.1, 0.15) is 23.5 Å². The zero-order chi connectivity index (χ0) is 15.6. The van der Waals surface area contributed by atoms with Crippen molar-refractivity contribution in [2.24, 2.45) is 0 Å². The number of carbonyl (C=O) groups is 1. The van der Waals surface area contributed by atoms with Crippen molar-refractivity contribution >= 4 is 35.6 Å². The second-order valence-electron chi connectivity index (χ2n) is 4.41. The van der Waals surface area contributed by atoms with E-state index in [-0.39, 0.29) is 22.6 Å². The number of H-pyrrole nitrogens is 2. The molecule has 1 heterocycles. The molecule has 0 bridgehead atoms. The van der Waals surface area contributed by atoms with Crippen molar-refractivity contribution in [3.05, 3.63) is 55.5 Å². The smallest absolute Gasteiger partial charge is 0.304 e. The predicted molar refractivity (Wildman–Crippen MR) is 82.2 cm³/mol. The summed E-state index contributed by atoms with van der Waals surface area (Å²) in [6.07, 6.45) is -0.318. The Morgan fingerprint density at radius 2 is 2.05 bits per heavy atom. The van der Waals surface area contributed by atoms with Crippen LogP contribution in [-0.2, 0) is 4.79 Å². The van der Waals surface area contributed by atoms with Crippen LogP contribution in [0.4, 0.5) is 5.82 Å². The monoisotopic (exact) mass is 325 g/mol. The van der Waals surface area contributed by atoms with Gasteiger partial charge in [0, 0.05) is 10.9 Å². The third-order valence-electron chi connectivity index (χ3n) is 3.02. The van der Waals surface area contributed by atoms with E-state index in [1.54, 1.807) is 24.3 Å². The second kappa shape index (κ2) is 6.11. The minimum absolute atomic E-state index is 0.0370. The van der Waals surface area contributed by atoms with Crippen LogP contribution in [0, 0.1) is 4.77 Å². The first-order chi connectivity index (χ1) is 9.90.